The molecule has 0 aliphatic heterocycles. The molecule has 6 nitrogen and oxygen atoms in total. The standard InChI is InChI=1S/C11H15N3O3/c1-14(8-2-4-9(15)5-3-8)11(17)10(16)13-7-6-12/h2-5,15H,6-7,12H2,1H3,(H,13,16). The van der Waals surface area contributed by atoms with Crippen LogP contribution in [-0.2, 0) is 9.59 Å². The number of rotatable bonds is 3. The van der Waals surface area contributed by atoms with Gasteiger partial charge in [-0.25, -0.2) is 0 Å². The van der Waals surface area contributed by atoms with E-state index < -0.39 is 11.8 Å². The molecule has 1 rings (SSSR count). The number of phenolic OH excluding ortho intramolecular Hbond substituents is 1. The molecule has 0 fully saturated rings. The number of likely N-dealkylation sites (N-methyl/N-ethyl adjacent to an activating group) is 1. The van der Waals surface area contributed by atoms with Gasteiger partial charge in [0.05, 0.1) is 0 Å². The number of aromatic hydroxyl groups is 1. The minimum atomic E-state index is -0.703. The Bertz CT molecular complexity index is 403. The lowest BCUT2D eigenvalue weighted by Crippen LogP contribution is -2.42. The Morgan fingerprint density at radius 3 is 2.47 bits per heavy atom. The molecule has 6 heteroatoms. The fraction of sp³-hybridized carbons (Fsp3) is 0.273. The summed E-state index contributed by atoms with van der Waals surface area (Å²) in [5, 5.41) is 11.5. The van der Waals surface area contributed by atoms with Crippen molar-refractivity contribution in [2.45, 2.75) is 0 Å². The van der Waals surface area contributed by atoms with Crippen molar-refractivity contribution >= 4 is 17.5 Å². The van der Waals surface area contributed by atoms with E-state index in [1.54, 1.807) is 12.1 Å². The quantitative estimate of drug-likeness (QED) is 0.613. The molecule has 0 aromatic heterocycles. The highest BCUT2D eigenvalue weighted by Gasteiger charge is 2.18. The summed E-state index contributed by atoms with van der Waals surface area (Å²) in [6.45, 7) is 0.538. The first-order chi connectivity index (χ1) is 8.06. The highest BCUT2D eigenvalue weighted by Crippen LogP contribution is 2.17. The van der Waals surface area contributed by atoms with E-state index in [4.69, 9.17) is 10.8 Å². The Morgan fingerprint density at radius 2 is 1.94 bits per heavy atom. The number of nitrogens with two attached hydrogens (primary N) is 1. The molecule has 1 aromatic rings. The van der Waals surface area contributed by atoms with Crippen LogP contribution in [0.25, 0.3) is 0 Å². The van der Waals surface area contributed by atoms with Gasteiger partial charge in [0.1, 0.15) is 5.75 Å². The Hall–Kier alpha value is -2.08. The lowest BCUT2D eigenvalue weighted by Gasteiger charge is -2.16. The molecule has 0 aliphatic carbocycles. The van der Waals surface area contributed by atoms with Gasteiger partial charge < -0.3 is 21.1 Å². The molecule has 0 radical (unpaired) electrons. The number of phenols is 1. The van der Waals surface area contributed by atoms with E-state index in [2.05, 4.69) is 5.32 Å². The first-order valence-electron chi connectivity index (χ1n) is 5.11. The first kappa shape index (κ1) is 13.0. The molecule has 2 amide bonds. The van der Waals surface area contributed by atoms with E-state index in [1.807, 2.05) is 0 Å². The molecule has 0 heterocycles. The van der Waals surface area contributed by atoms with Crippen molar-refractivity contribution in [3.63, 3.8) is 0 Å². The summed E-state index contributed by atoms with van der Waals surface area (Å²) in [5.41, 5.74) is 5.74. The second kappa shape index (κ2) is 5.86. The van der Waals surface area contributed by atoms with Gasteiger partial charge in [0.2, 0.25) is 0 Å². The number of hydrogen-bond donors (Lipinski definition) is 3. The van der Waals surface area contributed by atoms with Gasteiger partial charge in [0.25, 0.3) is 0 Å². The Morgan fingerprint density at radius 1 is 1.35 bits per heavy atom. The zero-order chi connectivity index (χ0) is 12.8. The average molecular weight is 237 g/mol. The van der Waals surface area contributed by atoms with Crippen LogP contribution in [0, 0.1) is 0 Å². The third-order valence-electron chi connectivity index (χ3n) is 2.17. The van der Waals surface area contributed by atoms with Crippen LogP contribution < -0.4 is 16.0 Å². The number of nitrogens with one attached hydrogen (secondary N) is 1. The van der Waals surface area contributed by atoms with Crippen LogP contribution in [0.2, 0.25) is 0 Å². The lowest BCUT2D eigenvalue weighted by atomic mass is 10.3. The van der Waals surface area contributed by atoms with Crippen LogP contribution in [0.15, 0.2) is 24.3 Å². The molecule has 0 atom stereocenters. The third-order valence-corrected chi connectivity index (χ3v) is 2.17. The zero-order valence-electron chi connectivity index (χ0n) is 9.51. The molecule has 17 heavy (non-hydrogen) atoms. The fourth-order valence-corrected chi connectivity index (χ4v) is 1.21. The molecular weight excluding hydrogens is 222 g/mol. The van der Waals surface area contributed by atoms with Crippen molar-refractivity contribution in [1.82, 2.24) is 5.32 Å². The number of hydrogen-bond acceptors (Lipinski definition) is 4. The van der Waals surface area contributed by atoms with E-state index in [1.165, 1.54) is 24.1 Å². The molecule has 0 unspecified atom stereocenters. The highest BCUT2D eigenvalue weighted by atomic mass is 16.3. The number of anilines is 1. The van der Waals surface area contributed by atoms with Crippen LogP contribution in [-0.4, -0.2) is 37.1 Å². The molecular formula is C11H15N3O3. The monoisotopic (exact) mass is 237 g/mol. The summed E-state index contributed by atoms with van der Waals surface area (Å²) in [7, 11) is 1.48. The molecule has 0 spiro atoms. The smallest absolute Gasteiger partial charge is 0.316 e. The number of nitrogens with zero attached hydrogens (tertiary/aromatic N) is 1. The summed E-state index contributed by atoms with van der Waals surface area (Å²) >= 11 is 0. The molecule has 0 aliphatic rings. The predicted octanol–water partition coefficient (Wildman–Crippen LogP) is -0.570. The summed E-state index contributed by atoms with van der Waals surface area (Å²) in [4.78, 5) is 24.2. The van der Waals surface area contributed by atoms with Crippen molar-refractivity contribution in [3.8, 4) is 5.75 Å². The number of carbonyl (C=O) groups is 2. The van der Waals surface area contributed by atoms with Crippen LogP contribution in [0.5, 0.6) is 5.75 Å². The first-order valence-corrected chi connectivity index (χ1v) is 5.11. The van der Waals surface area contributed by atoms with Crippen molar-refractivity contribution in [3.05, 3.63) is 24.3 Å². The van der Waals surface area contributed by atoms with Crippen molar-refractivity contribution in [2.75, 3.05) is 25.0 Å². The largest absolute Gasteiger partial charge is 0.508 e. The SMILES string of the molecule is CN(C(=O)C(=O)NCCN)c1ccc(O)cc1. The van der Waals surface area contributed by atoms with E-state index in [-0.39, 0.29) is 18.8 Å². The molecule has 0 bridgehead atoms. The maximum atomic E-state index is 11.6. The van der Waals surface area contributed by atoms with E-state index in [9.17, 15) is 9.59 Å². The second-order valence-corrected chi connectivity index (χ2v) is 3.43. The zero-order valence-corrected chi connectivity index (χ0v) is 9.51. The second-order valence-electron chi connectivity index (χ2n) is 3.43. The Kier molecular flexibility index (Phi) is 4.47. The van der Waals surface area contributed by atoms with E-state index >= 15 is 0 Å². The third kappa shape index (κ3) is 3.46. The maximum absolute atomic E-state index is 11.6. The molecule has 0 saturated heterocycles. The van der Waals surface area contributed by atoms with Gasteiger partial charge in [-0.3, -0.25) is 9.59 Å². The highest BCUT2D eigenvalue weighted by molar-refractivity contribution is 6.40. The van der Waals surface area contributed by atoms with Crippen LogP contribution in [0.3, 0.4) is 0 Å². The van der Waals surface area contributed by atoms with Crippen molar-refractivity contribution in [1.29, 1.82) is 0 Å². The molecule has 0 saturated carbocycles. The molecule has 4 N–H and O–H groups in total. The minimum Gasteiger partial charge on any atom is -0.508 e. The molecule has 1 aromatic carbocycles. The maximum Gasteiger partial charge on any atom is 0.316 e. The van der Waals surface area contributed by atoms with Gasteiger partial charge in [-0.2, -0.15) is 0 Å². The van der Waals surface area contributed by atoms with Gasteiger partial charge in [-0.05, 0) is 24.3 Å². The van der Waals surface area contributed by atoms with Gasteiger partial charge in [-0.15, -0.1) is 0 Å². The summed E-state index contributed by atoms with van der Waals surface area (Å²) < 4.78 is 0. The van der Waals surface area contributed by atoms with Gasteiger partial charge >= 0.3 is 11.8 Å². The van der Waals surface area contributed by atoms with Gasteiger partial charge in [-0.1, -0.05) is 0 Å². The van der Waals surface area contributed by atoms with Gasteiger partial charge in [0.15, 0.2) is 0 Å². The van der Waals surface area contributed by atoms with Crippen molar-refractivity contribution < 1.29 is 14.7 Å². The summed E-state index contributed by atoms with van der Waals surface area (Å²) in [6, 6.07) is 5.97. The number of benzene rings is 1. The predicted molar refractivity (Wildman–Crippen MR) is 63.6 cm³/mol. The lowest BCUT2D eigenvalue weighted by molar-refractivity contribution is -0.137. The van der Waals surface area contributed by atoms with Crippen LogP contribution in [0.4, 0.5) is 5.69 Å². The van der Waals surface area contributed by atoms with Crippen LogP contribution >= 0.6 is 0 Å². The van der Waals surface area contributed by atoms with Crippen molar-refractivity contribution in [2.24, 2.45) is 5.73 Å². The normalized spacial score (nSPS) is 9.76. The topological polar surface area (TPSA) is 95.7 Å². The van der Waals surface area contributed by atoms with Gasteiger partial charge in [0, 0.05) is 25.8 Å². The summed E-state index contributed by atoms with van der Waals surface area (Å²) in [5.74, 6) is -1.28. The Labute approximate surface area is 99.0 Å². The van der Waals surface area contributed by atoms with E-state index in [0.29, 0.717) is 5.69 Å². The molecule has 92 valence electrons. The Balaban J connectivity index is 2.69. The minimum absolute atomic E-state index is 0.0992. The average Bonchev–Trinajstić information content (AvgIpc) is 2.35. The fourth-order valence-electron chi connectivity index (χ4n) is 1.21. The van der Waals surface area contributed by atoms with E-state index in [0.717, 1.165) is 0 Å². The number of carbonyl (C=O) groups excluding carboxylic acids is 2. The van der Waals surface area contributed by atoms with Crippen LogP contribution in [0.1, 0.15) is 0 Å². The summed E-state index contributed by atoms with van der Waals surface area (Å²) in [6.07, 6.45) is 0. The number of amides is 2.